The molecular formula is C16H15NO3. The van der Waals surface area contributed by atoms with Crippen LogP contribution in [0.1, 0.15) is 5.56 Å². The Labute approximate surface area is 117 Å². The maximum atomic E-state index is 9.41. The maximum Gasteiger partial charge on any atom is 0.128 e. The van der Waals surface area contributed by atoms with Gasteiger partial charge >= 0.3 is 0 Å². The largest absolute Gasteiger partial charge is 0.488 e. The van der Waals surface area contributed by atoms with E-state index in [-0.39, 0.29) is 0 Å². The zero-order valence-corrected chi connectivity index (χ0v) is 10.8. The molecule has 1 atom stereocenters. The van der Waals surface area contributed by atoms with Crippen LogP contribution in [-0.4, -0.2) is 17.9 Å². The lowest BCUT2D eigenvalue weighted by Gasteiger charge is -2.20. The van der Waals surface area contributed by atoms with E-state index in [0.29, 0.717) is 17.9 Å². The highest BCUT2D eigenvalue weighted by molar-refractivity contribution is 5.64. The van der Waals surface area contributed by atoms with Crippen LogP contribution in [0.15, 0.2) is 54.1 Å². The summed E-state index contributed by atoms with van der Waals surface area (Å²) in [6.45, 7) is 0.309. The number of hydrogen-bond donors (Lipinski definition) is 2. The lowest BCUT2D eigenvalue weighted by Crippen LogP contribution is -2.26. The predicted molar refractivity (Wildman–Crippen MR) is 76.6 cm³/mol. The third-order valence-corrected chi connectivity index (χ3v) is 3.08. The first-order valence-electron chi connectivity index (χ1n) is 6.36. The summed E-state index contributed by atoms with van der Waals surface area (Å²) in [5, 5.41) is 9.41. The SMILES string of the molecule is NC(O)C1=Cc2cc(Oc3ccccc3)ccc2OC1. The van der Waals surface area contributed by atoms with E-state index in [2.05, 4.69) is 0 Å². The number of para-hydroxylation sites is 1. The van der Waals surface area contributed by atoms with Crippen molar-refractivity contribution >= 4 is 6.08 Å². The van der Waals surface area contributed by atoms with Crippen molar-refractivity contribution in [3.8, 4) is 17.2 Å². The van der Waals surface area contributed by atoms with Crippen LogP contribution in [0.5, 0.6) is 17.2 Å². The van der Waals surface area contributed by atoms with Gasteiger partial charge in [0.2, 0.25) is 0 Å². The van der Waals surface area contributed by atoms with Gasteiger partial charge in [-0.3, -0.25) is 0 Å². The first-order chi connectivity index (χ1) is 9.72. The third-order valence-electron chi connectivity index (χ3n) is 3.08. The van der Waals surface area contributed by atoms with Gasteiger partial charge in [0, 0.05) is 11.1 Å². The molecule has 0 radical (unpaired) electrons. The zero-order chi connectivity index (χ0) is 13.9. The Balaban J connectivity index is 1.88. The lowest BCUT2D eigenvalue weighted by molar-refractivity contribution is 0.198. The number of nitrogens with two attached hydrogens (primary N) is 1. The summed E-state index contributed by atoms with van der Waals surface area (Å²) in [5.74, 6) is 2.24. The van der Waals surface area contributed by atoms with Gasteiger partial charge in [-0.1, -0.05) is 18.2 Å². The van der Waals surface area contributed by atoms with Gasteiger partial charge in [0.05, 0.1) is 0 Å². The Morgan fingerprint density at radius 2 is 1.90 bits per heavy atom. The molecule has 1 aliphatic heterocycles. The van der Waals surface area contributed by atoms with Crippen molar-refractivity contribution in [2.45, 2.75) is 6.23 Å². The molecule has 0 spiro atoms. The molecule has 4 heteroatoms. The van der Waals surface area contributed by atoms with E-state index in [9.17, 15) is 5.11 Å². The van der Waals surface area contributed by atoms with Crippen LogP contribution >= 0.6 is 0 Å². The van der Waals surface area contributed by atoms with Crippen LogP contribution in [-0.2, 0) is 0 Å². The minimum absolute atomic E-state index is 0.309. The molecule has 0 fully saturated rings. The Morgan fingerprint density at radius 3 is 2.65 bits per heavy atom. The Bertz CT molecular complexity index is 635. The van der Waals surface area contributed by atoms with E-state index in [4.69, 9.17) is 15.2 Å². The summed E-state index contributed by atoms with van der Waals surface area (Å²) < 4.78 is 11.3. The van der Waals surface area contributed by atoms with Crippen molar-refractivity contribution < 1.29 is 14.6 Å². The van der Waals surface area contributed by atoms with Crippen LogP contribution in [0.25, 0.3) is 6.08 Å². The van der Waals surface area contributed by atoms with E-state index in [1.165, 1.54) is 0 Å². The second-order valence-electron chi connectivity index (χ2n) is 4.57. The Kier molecular flexibility index (Phi) is 3.41. The molecule has 3 N–H and O–H groups in total. The van der Waals surface area contributed by atoms with Crippen LogP contribution < -0.4 is 15.2 Å². The highest BCUT2D eigenvalue weighted by atomic mass is 16.5. The number of hydrogen-bond acceptors (Lipinski definition) is 4. The van der Waals surface area contributed by atoms with Crippen LogP contribution in [0.2, 0.25) is 0 Å². The average Bonchev–Trinajstić information content (AvgIpc) is 2.47. The number of benzene rings is 2. The summed E-state index contributed by atoms with van der Waals surface area (Å²) in [5.41, 5.74) is 6.96. The molecule has 3 rings (SSSR count). The third kappa shape index (κ3) is 2.66. The average molecular weight is 269 g/mol. The lowest BCUT2D eigenvalue weighted by atomic mass is 10.1. The van der Waals surface area contributed by atoms with Crippen LogP contribution in [0.4, 0.5) is 0 Å². The van der Waals surface area contributed by atoms with Gasteiger partial charge in [0.15, 0.2) is 0 Å². The monoisotopic (exact) mass is 269 g/mol. The van der Waals surface area contributed by atoms with Crippen molar-refractivity contribution in [2.75, 3.05) is 6.61 Å². The zero-order valence-electron chi connectivity index (χ0n) is 10.8. The molecule has 1 unspecified atom stereocenters. The molecule has 20 heavy (non-hydrogen) atoms. The standard InChI is InChI=1S/C16H15NO3/c17-16(18)12-8-11-9-14(6-7-15(11)19-10-12)20-13-4-2-1-3-5-13/h1-9,16,18H,10,17H2. The molecule has 0 bridgehead atoms. The van der Waals surface area contributed by atoms with E-state index < -0.39 is 6.23 Å². The van der Waals surface area contributed by atoms with Crippen molar-refractivity contribution in [3.05, 3.63) is 59.7 Å². The fourth-order valence-electron chi connectivity index (χ4n) is 2.03. The highest BCUT2D eigenvalue weighted by Crippen LogP contribution is 2.32. The van der Waals surface area contributed by atoms with Gasteiger partial charge < -0.3 is 20.3 Å². The van der Waals surface area contributed by atoms with Crippen LogP contribution in [0, 0.1) is 0 Å². The highest BCUT2D eigenvalue weighted by Gasteiger charge is 2.15. The molecule has 1 heterocycles. The second kappa shape index (κ2) is 5.36. The molecule has 0 aromatic heterocycles. The minimum Gasteiger partial charge on any atom is -0.488 e. The molecule has 0 aliphatic carbocycles. The number of ether oxygens (including phenoxy) is 2. The molecule has 102 valence electrons. The molecule has 2 aromatic rings. The summed E-state index contributed by atoms with van der Waals surface area (Å²) >= 11 is 0. The second-order valence-corrected chi connectivity index (χ2v) is 4.57. The predicted octanol–water partition coefficient (Wildman–Crippen LogP) is 2.53. The number of aliphatic hydroxyl groups excluding tert-OH is 1. The molecular weight excluding hydrogens is 254 g/mol. The van der Waals surface area contributed by atoms with Crippen LogP contribution in [0.3, 0.4) is 0 Å². The molecule has 4 nitrogen and oxygen atoms in total. The Morgan fingerprint density at radius 1 is 1.10 bits per heavy atom. The summed E-state index contributed by atoms with van der Waals surface area (Å²) in [6.07, 6.45) is 0.836. The van der Waals surface area contributed by atoms with Crippen molar-refractivity contribution in [3.63, 3.8) is 0 Å². The summed E-state index contributed by atoms with van der Waals surface area (Å²) in [6, 6.07) is 15.1. The molecule has 1 aliphatic rings. The first-order valence-corrected chi connectivity index (χ1v) is 6.36. The maximum absolute atomic E-state index is 9.41. The van der Waals surface area contributed by atoms with E-state index in [1.807, 2.05) is 54.6 Å². The molecule has 0 amide bonds. The van der Waals surface area contributed by atoms with E-state index in [1.54, 1.807) is 0 Å². The van der Waals surface area contributed by atoms with Gasteiger partial charge in [-0.2, -0.15) is 0 Å². The van der Waals surface area contributed by atoms with E-state index >= 15 is 0 Å². The van der Waals surface area contributed by atoms with Gasteiger partial charge in [-0.05, 0) is 36.4 Å². The number of rotatable bonds is 3. The van der Waals surface area contributed by atoms with Gasteiger partial charge in [-0.25, -0.2) is 0 Å². The van der Waals surface area contributed by atoms with E-state index in [0.717, 1.165) is 17.1 Å². The number of fused-ring (bicyclic) bond motifs is 1. The summed E-state index contributed by atoms with van der Waals surface area (Å²) in [7, 11) is 0. The van der Waals surface area contributed by atoms with Gasteiger partial charge in [-0.15, -0.1) is 0 Å². The van der Waals surface area contributed by atoms with Gasteiger partial charge in [0.25, 0.3) is 0 Å². The number of aliphatic hydroxyl groups is 1. The first kappa shape index (κ1) is 12.7. The smallest absolute Gasteiger partial charge is 0.128 e. The fourth-order valence-corrected chi connectivity index (χ4v) is 2.03. The summed E-state index contributed by atoms with van der Waals surface area (Å²) in [4.78, 5) is 0. The molecule has 0 saturated carbocycles. The quantitative estimate of drug-likeness (QED) is 0.840. The van der Waals surface area contributed by atoms with Crippen molar-refractivity contribution in [1.82, 2.24) is 0 Å². The van der Waals surface area contributed by atoms with Crippen molar-refractivity contribution in [2.24, 2.45) is 5.73 Å². The molecule has 2 aromatic carbocycles. The minimum atomic E-state index is -0.998. The Hall–Kier alpha value is -2.30. The van der Waals surface area contributed by atoms with Crippen molar-refractivity contribution in [1.29, 1.82) is 0 Å². The fraction of sp³-hybridized carbons (Fsp3) is 0.125. The topological polar surface area (TPSA) is 64.7 Å². The van der Waals surface area contributed by atoms with Gasteiger partial charge in [0.1, 0.15) is 30.1 Å². The normalized spacial score (nSPS) is 14.8. The molecule has 0 saturated heterocycles.